The van der Waals surface area contributed by atoms with Crippen molar-refractivity contribution in [1.82, 2.24) is 14.5 Å². The van der Waals surface area contributed by atoms with Gasteiger partial charge in [-0.1, -0.05) is 159 Å². The number of rotatable bonds is 6. The normalized spacial score (nSPS) is 12.6. The Morgan fingerprint density at radius 3 is 2.00 bits per heavy atom. The zero-order valence-electron chi connectivity index (χ0n) is 36.7. The number of aromatic nitrogens is 3. The van der Waals surface area contributed by atoms with Crippen molar-refractivity contribution in [2.75, 3.05) is 0 Å². The second-order valence-electron chi connectivity index (χ2n) is 19.3. The van der Waals surface area contributed by atoms with E-state index in [9.17, 15) is 5.11 Å². The summed E-state index contributed by atoms with van der Waals surface area (Å²) in [6.45, 7) is 17.7. The van der Waals surface area contributed by atoms with Crippen molar-refractivity contribution < 1.29 is 9.52 Å². The average molecular weight is 810 g/mol. The minimum atomic E-state index is -0.348. The molecular formula is C57H51N3O2. The van der Waals surface area contributed by atoms with Crippen molar-refractivity contribution in [3.63, 3.8) is 0 Å². The Morgan fingerprint density at radius 1 is 0.548 bits per heavy atom. The zero-order chi connectivity index (χ0) is 43.1. The van der Waals surface area contributed by atoms with Gasteiger partial charge >= 0.3 is 0 Å². The standard InChI is InChI=1S/C57H51N3O2/c1-55(2,3)39-31-45(52(61)47(32-39)56(4,5)6)54-59-51-42(24-17-25-49(51)60(54)41-21-13-10-14-22-41)36-28-37(30-40(29-36)57(7,8)38-19-11-9-12-20-38)48-33-50-46(34-58-48)44-27-26-35-18-15-16-23-43(35)53(44)62-50/h9-34,61H,1-8H3. The number of nitrogens with zero attached hydrogens (tertiary/aromatic N) is 3. The molecule has 10 aromatic rings. The van der Waals surface area contributed by atoms with Gasteiger partial charge in [0.2, 0.25) is 0 Å². The minimum Gasteiger partial charge on any atom is -0.507 e. The number of phenols is 1. The Bertz CT molecular complexity index is 3340. The minimum absolute atomic E-state index is 0.160. The van der Waals surface area contributed by atoms with Gasteiger partial charge in [-0.05, 0) is 80.9 Å². The van der Waals surface area contributed by atoms with Crippen molar-refractivity contribution in [2.24, 2.45) is 0 Å². The molecule has 62 heavy (non-hydrogen) atoms. The van der Waals surface area contributed by atoms with Crippen LogP contribution in [0.5, 0.6) is 5.75 Å². The van der Waals surface area contributed by atoms with E-state index in [-0.39, 0.29) is 22.0 Å². The molecular weight excluding hydrogens is 759 g/mol. The molecule has 0 radical (unpaired) electrons. The van der Waals surface area contributed by atoms with Crippen molar-refractivity contribution in [3.8, 4) is 45.2 Å². The Morgan fingerprint density at radius 2 is 1.26 bits per heavy atom. The van der Waals surface area contributed by atoms with Gasteiger partial charge in [-0.25, -0.2) is 4.98 Å². The highest BCUT2D eigenvalue weighted by molar-refractivity contribution is 6.15. The molecule has 0 fully saturated rings. The number of imidazole rings is 1. The Kier molecular flexibility index (Phi) is 9.04. The summed E-state index contributed by atoms with van der Waals surface area (Å²) < 4.78 is 8.86. The number of hydrogen-bond acceptors (Lipinski definition) is 4. The van der Waals surface area contributed by atoms with Crippen LogP contribution in [0, 0.1) is 0 Å². The maximum atomic E-state index is 12.3. The van der Waals surface area contributed by atoms with Crippen LogP contribution in [0.25, 0.3) is 83.2 Å². The molecule has 0 saturated carbocycles. The van der Waals surface area contributed by atoms with Crippen molar-refractivity contribution >= 4 is 43.7 Å². The first kappa shape index (κ1) is 39.2. The lowest BCUT2D eigenvalue weighted by molar-refractivity contribution is 0.446. The number of benzene rings is 7. The summed E-state index contributed by atoms with van der Waals surface area (Å²) in [7, 11) is 0. The molecule has 0 bridgehead atoms. The molecule has 7 aromatic carbocycles. The molecule has 3 aromatic heterocycles. The number of pyridine rings is 1. The quantitative estimate of drug-likeness (QED) is 0.182. The van der Waals surface area contributed by atoms with E-state index in [1.165, 1.54) is 5.56 Å². The molecule has 0 aliphatic carbocycles. The molecule has 0 aliphatic heterocycles. The summed E-state index contributed by atoms with van der Waals surface area (Å²) in [5, 5.41) is 16.5. The molecule has 5 heteroatoms. The fourth-order valence-corrected chi connectivity index (χ4v) is 9.03. The fourth-order valence-electron chi connectivity index (χ4n) is 9.03. The molecule has 0 atom stereocenters. The summed E-state index contributed by atoms with van der Waals surface area (Å²) in [5.74, 6) is 0.951. The van der Waals surface area contributed by atoms with Gasteiger partial charge in [0.15, 0.2) is 0 Å². The van der Waals surface area contributed by atoms with Gasteiger partial charge in [0.25, 0.3) is 0 Å². The van der Waals surface area contributed by atoms with Crippen LogP contribution in [0.4, 0.5) is 0 Å². The van der Waals surface area contributed by atoms with Crippen LogP contribution in [0.3, 0.4) is 0 Å². The molecule has 0 unspecified atom stereocenters. The first-order chi connectivity index (χ1) is 29.7. The molecule has 0 spiro atoms. The van der Waals surface area contributed by atoms with Crippen molar-refractivity contribution in [3.05, 3.63) is 180 Å². The van der Waals surface area contributed by atoms with E-state index in [4.69, 9.17) is 14.4 Å². The molecule has 1 N–H and O–H groups in total. The summed E-state index contributed by atoms with van der Waals surface area (Å²) in [4.78, 5) is 10.7. The van der Waals surface area contributed by atoms with E-state index in [1.807, 2.05) is 12.3 Å². The predicted octanol–water partition coefficient (Wildman–Crippen LogP) is 15.1. The average Bonchev–Trinajstić information content (AvgIpc) is 3.85. The van der Waals surface area contributed by atoms with E-state index in [1.54, 1.807) is 0 Å². The van der Waals surface area contributed by atoms with Gasteiger partial charge in [-0.15, -0.1) is 0 Å². The third-order valence-electron chi connectivity index (χ3n) is 12.7. The second kappa shape index (κ2) is 14.3. The van der Waals surface area contributed by atoms with Crippen LogP contribution in [-0.2, 0) is 16.2 Å². The lowest BCUT2D eigenvalue weighted by Gasteiger charge is -2.27. The number of furan rings is 1. The van der Waals surface area contributed by atoms with E-state index in [2.05, 4.69) is 206 Å². The Hall–Kier alpha value is -6.98. The lowest BCUT2D eigenvalue weighted by Crippen LogP contribution is -2.19. The molecule has 0 aliphatic rings. The van der Waals surface area contributed by atoms with Crippen LogP contribution in [0.2, 0.25) is 0 Å². The largest absolute Gasteiger partial charge is 0.507 e. The van der Waals surface area contributed by atoms with Gasteiger partial charge < -0.3 is 9.52 Å². The van der Waals surface area contributed by atoms with Crippen LogP contribution in [0.1, 0.15) is 77.6 Å². The van der Waals surface area contributed by atoms with Gasteiger partial charge in [-0.3, -0.25) is 9.55 Å². The van der Waals surface area contributed by atoms with Crippen molar-refractivity contribution in [1.29, 1.82) is 0 Å². The van der Waals surface area contributed by atoms with Crippen LogP contribution >= 0.6 is 0 Å². The second-order valence-corrected chi connectivity index (χ2v) is 19.3. The molecule has 3 heterocycles. The van der Waals surface area contributed by atoms with Crippen LogP contribution in [-0.4, -0.2) is 19.6 Å². The number of para-hydroxylation sites is 2. The summed E-state index contributed by atoms with van der Waals surface area (Å²) in [6.07, 6.45) is 1.96. The fraction of sp³-hybridized carbons (Fsp3) is 0.193. The molecule has 10 rings (SSSR count). The third kappa shape index (κ3) is 6.55. The van der Waals surface area contributed by atoms with E-state index in [0.29, 0.717) is 11.4 Å². The maximum Gasteiger partial charge on any atom is 0.149 e. The SMILES string of the molecule is CC(C)(C)c1cc(-c2nc3c(-c4cc(-c5cc6oc7c8ccccc8ccc7c6cn5)cc(C(C)(C)c5ccccc5)c4)cccc3n2-c2ccccc2)c(O)c(C(C)(C)C)c1. The number of phenolic OH excluding ortho intramolecular Hbond substituents is 1. The number of fused-ring (bicyclic) bond motifs is 6. The van der Waals surface area contributed by atoms with E-state index < -0.39 is 0 Å². The molecule has 0 amide bonds. The van der Waals surface area contributed by atoms with E-state index in [0.717, 1.165) is 88.5 Å². The molecule has 306 valence electrons. The summed E-state index contributed by atoms with van der Waals surface area (Å²) in [5.41, 5.74) is 12.6. The van der Waals surface area contributed by atoms with Crippen LogP contribution in [0.15, 0.2) is 162 Å². The predicted molar refractivity (Wildman–Crippen MR) is 258 cm³/mol. The highest BCUT2D eigenvalue weighted by Crippen LogP contribution is 2.45. The summed E-state index contributed by atoms with van der Waals surface area (Å²) in [6, 6.07) is 53.3. The highest BCUT2D eigenvalue weighted by Gasteiger charge is 2.30. The number of hydrogen-bond donors (Lipinski definition) is 1. The van der Waals surface area contributed by atoms with Crippen molar-refractivity contribution in [2.45, 2.75) is 71.6 Å². The van der Waals surface area contributed by atoms with Gasteiger partial charge in [0.1, 0.15) is 22.7 Å². The molecule has 0 saturated heterocycles. The first-order valence-electron chi connectivity index (χ1n) is 21.5. The zero-order valence-corrected chi connectivity index (χ0v) is 36.7. The topological polar surface area (TPSA) is 64.1 Å². The third-order valence-corrected chi connectivity index (χ3v) is 12.7. The van der Waals surface area contributed by atoms with Gasteiger partial charge in [0.05, 0.1) is 22.3 Å². The Balaban J connectivity index is 1.23. The highest BCUT2D eigenvalue weighted by atomic mass is 16.3. The van der Waals surface area contributed by atoms with Gasteiger partial charge in [0, 0.05) is 56.2 Å². The van der Waals surface area contributed by atoms with Crippen LogP contribution < -0.4 is 0 Å². The smallest absolute Gasteiger partial charge is 0.149 e. The summed E-state index contributed by atoms with van der Waals surface area (Å²) >= 11 is 0. The lowest BCUT2D eigenvalue weighted by atomic mass is 9.76. The van der Waals surface area contributed by atoms with E-state index >= 15 is 0 Å². The Labute approximate surface area is 363 Å². The number of aromatic hydroxyl groups is 1. The first-order valence-corrected chi connectivity index (χ1v) is 21.5. The maximum absolute atomic E-state index is 12.3. The van der Waals surface area contributed by atoms with Gasteiger partial charge in [-0.2, -0.15) is 0 Å². The molecule has 5 nitrogen and oxygen atoms in total. The monoisotopic (exact) mass is 809 g/mol.